The van der Waals surface area contributed by atoms with Crippen molar-refractivity contribution in [3.63, 3.8) is 0 Å². The highest BCUT2D eigenvalue weighted by Crippen LogP contribution is 2.44. The van der Waals surface area contributed by atoms with E-state index in [9.17, 15) is 14.7 Å². The van der Waals surface area contributed by atoms with Gasteiger partial charge in [0.1, 0.15) is 17.9 Å². The van der Waals surface area contributed by atoms with Crippen molar-refractivity contribution in [2.24, 2.45) is 0 Å². The molecule has 2 aliphatic rings. The maximum absolute atomic E-state index is 12.5. The molecular weight excluding hydrogens is 424 g/mol. The van der Waals surface area contributed by atoms with E-state index in [1.54, 1.807) is 13.2 Å². The predicted octanol–water partition coefficient (Wildman–Crippen LogP) is 3.73. The van der Waals surface area contributed by atoms with Gasteiger partial charge in [-0.1, -0.05) is 30.9 Å². The smallest absolute Gasteiger partial charge is 0.341 e. The van der Waals surface area contributed by atoms with Gasteiger partial charge in [-0.2, -0.15) is 0 Å². The van der Waals surface area contributed by atoms with Crippen LogP contribution in [0.1, 0.15) is 48.9 Å². The lowest BCUT2D eigenvalue weighted by atomic mass is 9.81. The summed E-state index contributed by atoms with van der Waals surface area (Å²) in [6.07, 6.45) is 6.89. The van der Waals surface area contributed by atoms with E-state index in [0.29, 0.717) is 49.1 Å². The molecule has 0 saturated heterocycles. The van der Waals surface area contributed by atoms with Crippen LogP contribution < -0.4 is 14.9 Å². The summed E-state index contributed by atoms with van der Waals surface area (Å²) in [6, 6.07) is 3.02. The number of carbonyl (C=O) groups is 1. The molecule has 1 aliphatic carbocycles. The largest absolute Gasteiger partial charge is 0.490 e. The van der Waals surface area contributed by atoms with E-state index in [2.05, 4.69) is 4.98 Å². The number of rotatable bonds is 6. The van der Waals surface area contributed by atoms with Crippen LogP contribution in [0, 0.1) is 0 Å². The molecule has 3 heterocycles. The first kappa shape index (κ1) is 21.6. The zero-order valence-corrected chi connectivity index (χ0v) is 18.1. The highest BCUT2D eigenvalue weighted by atomic mass is 35.5. The van der Waals surface area contributed by atoms with Gasteiger partial charge in [-0.25, -0.2) is 9.78 Å². The second-order valence-corrected chi connectivity index (χ2v) is 8.36. The van der Waals surface area contributed by atoms with E-state index in [4.69, 9.17) is 25.8 Å². The molecule has 0 bridgehead atoms. The average Bonchev–Trinajstić information content (AvgIpc) is 2.87. The van der Waals surface area contributed by atoms with Crippen LogP contribution >= 0.6 is 11.6 Å². The van der Waals surface area contributed by atoms with Crippen molar-refractivity contribution in [3.8, 4) is 22.9 Å². The third-order valence-corrected chi connectivity index (χ3v) is 6.25. The van der Waals surface area contributed by atoms with Gasteiger partial charge in [0.25, 0.3) is 0 Å². The van der Waals surface area contributed by atoms with E-state index < -0.39 is 16.9 Å². The van der Waals surface area contributed by atoms with Crippen LogP contribution in [0.5, 0.6) is 11.5 Å². The Morgan fingerprint density at radius 1 is 1.29 bits per heavy atom. The van der Waals surface area contributed by atoms with Gasteiger partial charge in [0.15, 0.2) is 22.1 Å². The number of nitrogens with zero attached hydrogens (tertiary/aromatic N) is 2. The number of carboxylic acids is 1. The molecule has 0 unspecified atom stereocenters. The fourth-order valence-corrected chi connectivity index (χ4v) is 4.58. The molecule has 0 radical (unpaired) electrons. The van der Waals surface area contributed by atoms with E-state index >= 15 is 0 Å². The summed E-state index contributed by atoms with van der Waals surface area (Å²) in [5.74, 6) is -0.389. The fraction of sp³-hybridized carbons (Fsp3) is 0.500. The molecule has 1 saturated carbocycles. The van der Waals surface area contributed by atoms with Crippen molar-refractivity contribution in [3.05, 3.63) is 39.3 Å². The summed E-state index contributed by atoms with van der Waals surface area (Å²) in [5.41, 5.74) is -0.363. The molecule has 1 spiro atoms. The van der Waals surface area contributed by atoms with Crippen LogP contribution in [0.15, 0.2) is 23.1 Å². The van der Waals surface area contributed by atoms with Crippen molar-refractivity contribution in [1.29, 1.82) is 0 Å². The Morgan fingerprint density at radius 3 is 2.77 bits per heavy atom. The summed E-state index contributed by atoms with van der Waals surface area (Å²) in [5, 5.41) is 9.67. The van der Waals surface area contributed by atoms with Gasteiger partial charge in [0.2, 0.25) is 0 Å². The van der Waals surface area contributed by atoms with Crippen LogP contribution in [0.4, 0.5) is 0 Å². The minimum absolute atomic E-state index is 0.153. The lowest BCUT2D eigenvalue weighted by Gasteiger charge is -2.39. The molecule has 166 valence electrons. The van der Waals surface area contributed by atoms with Crippen molar-refractivity contribution in [1.82, 2.24) is 9.55 Å². The second-order valence-electron chi connectivity index (χ2n) is 8.00. The number of fused-ring (bicyclic) bond motifs is 4. The molecule has 0 atom stereocenters. The Kier molecular flexibility index (Phi) is 6.20. The molecule has 2 aromatic heterocycles. The van der Waals surface area contributed by atoms with Crippen LogP contribution in [-0.2, 0) is 10.3 Å². The Labute approximate surface area is 184 Å². The SMILES string of the molecule is COCCCOc1cc2c(nc1Cl)-c1cc(=O)c(C(=O)O)cn1C1(CCCCC1)CO2. The van der Waals surface area contributed by atoms with E-state index in [1.165, 1.54) is 12.3 Å². The molecule has 2 aromatic rings. The van der Waals surface area contributed by atoms with Gasteiger partial charge in [0.05, 0.1) is 17.8 Å². The normalized spacial score (nSPS) is 16.7. The van der Waals surface area contributed by atoms with Gasteiger partial charge < -0.3 is 23.9 Å². The number of pyridine rings is 2. The van der Waals surface area contributed by atoms with E-state index in [-0.39, 0.29) is 10.7 Å². The minimum Gasteiger partial charge on any atom is -0.490 e. The van der Waals surface area contributed by atoms with E-state index in [1.807, 2.05) is 4.57 Å². The number of aromatic carboxylic acids is 1. The molecule has 0 aromatic carbocycles. The second kappa shape index (κ2) is 8.88. The first-order valence-corrected chi connectivity index (χ1v) is 10.8. The summed E-state index contributed by atoms with van der Waals surface area (Å²) < 4.78 is 18.8. The number of hydrogen-bond acceptors (Lipinski definition) is 6. The Balaban J connectivity index is 1.82. The Morgan fingerprint density at radius 2 is 2.06 bits per heavy atom. The van der Waals surface area contributed by atoms with Crippen LogP contribution in [0.3, 0.4) is 0 Å². The summed E-state index contributed by atoms with van der Waals surface area (Å²) in [4.78, 5) is 28.7. The van der Waals surface area contributed by atoms with Gasteiger partial charge in [-0.05, 0) is 12.8 Å². The van der Waals surface area contributed by atoms with Crippen molar-refractivity contribution < 1.29 is 24.1 Å². The van der Waals surface area contributed by atoms with Crippen molar-refractivity contribution in [2.75, 3.05) is 26.9 Å². The molecule has 1 N–H and O–H groups in total. The summed E-state index contributed by atoms with van der Waals surface area (Å²) in [7, 11) is 1.63. The molecule has 8 nitrogen and oxygen atoms in total. The average molecular weight is 449 g/mol. The van der Waals surface area contributed by atoms with Gasteiger partial charge in [-0.3, -0.25) is 4.79 Å². The number of methoxy groups -OCH3 is 1. The number of aromatic nitrogens is 2. The molecule has 31 heavy (non-hydrogen) atoms. The van der Waals surface area contributed by atoms with Crippen LogP contribution in [-0.4, -0.2) is 47.6 Å². The first-order chi connectivity index (χ1) is 14.9. The van der Waals surface area contributed by atoms with E-state index in [0.717, 1.165) is 32.1 Å². The topological polar surface area (TPSA) is 99.9 Å². The third-order valence-electron chi connectivity index (χ3n) is 5.97. The molecule has 4 rings (SSSR count). The lowest BCUT2D eigenvalue weighted by Crippen LogP contribution is -2.42. The molecule has 9 heteroatoms. The standard InChI is InChI=1S/C22H25ClN2O6/c1-29-8-5-9-30-18-11-17-19(24-20(18)23)15-10-16(26)14(21(27)28)12-25(15)22(13-31-17)6-3-2-4-7-22/h10-12H,2-9,13H2,1H3,(H,27,28). The number of halogens is 1. The zero-order chi connectivity index (χ0) is 22.0. The Bertz CT molecular complexity index is 1050. The molecule has 0 amide bonds. The quantitative estimate of drug-likeness (QED) is 0.530. The molecule has 1 fully saturated rings. The summed E-state index contributed by atoms with van der Waals surface area (Å²) >= 11 is 6.39. The summed E-state index contributed by atoms with van der Waals surface area (Å²) in [6.45, 7) is 1.33. The first-order valence-electron chi connectivity index (χ1n) is 10.4. The maximum atomic E-state index is 12.5. The maximum Gasteiger partial charge on any atom is 0.341 e. The fourth-order valence-electron chi connectivity index (χ4n) is 4.38. The van der Waals surface area contributed by atoms with Gasteiger partial charge >= 0.3 is 5.97 Å². The highest BCUT2D eigenvalue weighted by Gasteiger charge is 2.39. The number of carboxylic acid groups (broad SMARTS) is 1. The van der Waals surface area contributed by atoms with Crippen LogP contribution in [0.2, 0.25) is 5.15 Å². The van der Waals surface area contributed by atoms with Crippen LogP contribution in [0.25, 0.3) is 11.4 Å². The Hall–Kier alpha value is -2.58. The zero-order valence-electron chi connectivity index (χ0n) is 17.4. The number of ether oxygens (including phenoxy) is 3. The molecule has 1 aliphatic heterocycles. The van der Waals surface area contributed by atoms with Gasteiger partial charge in [-0.15, -0.1) is 0 Å². The lowest BCUT2D eigenvalue weighted by molar-refractivity contribution is 0.0690. The minimum atomic E-state index is -1.25. The molecular formula is C22H25ClN2O6. The third kappa shape index (κ3) is 4.14. The van der Waals surface area contributed by atoms with Gasteiger partial charge in [0, 0.05) is 38.5 Å². The van der Waals surface area contributed by atoms with Crippen molar-refractivity contribution >= 4 is 17.6 Å². The van der Waals surface area contributed by atoms with Crippen molar-refractivity contribution in [2.45, 2.75) is 44.1 Å². The number of hydrogen-bond donors (Lipinski definition) is 1. The highest BCUT2D eigenvalue weighted by molar-refractivity contribution is 6.31. The monoisotopic (exact) mass is 448 g/mol. The predicted molar refractivity (Wildman–Crippen MR) is 114 cm³/mol.